The highest BCUT2D eigenvalue weighted by atomic mass is 16.5. The maximum absolute atomic E-state index is 12.7. The summed E-state index contributed by atoms with van der Waals surface area (Å²) in [6.07, 6.45) is 0.795. The number of para-hydroxylation sites is 1. The number of carbonyl (C=O) groups is 2. The summed E-state index contributed by atoms with van der Waals surface area (Å²) in [6, 6.07) is 12.9. The Bertz CT molecular complexity index is 848. The number of likely N-dealkylation sites (N-methyl/N-ethyl adjacent to an activating group) is 1. The zero-order valence-corrected chi connectivity index (χ0v) is 16.0. The lowest BCUT2D eigenvalue weighted by Crippen LogP contribution is -2.25. The molecule has 3 rings (SSSR count). The van der Waals surface area contributed by atoms with Crippen LogP contribution in [0.4, 0.5) is 11.4 Å². The minimum atomic E-state index is -0.211. The van der Waals surface area contributed by atoms with Crippen LogP contribution in [0.15, 0.2) is 42.5 Å². The molecule has 1 aliphatic heterocycles. The molecule has 1 heterocycles. The van der Waals surface area contributed by atoms with Gasteiger partial charge in [0.15, 0.2) is 0 Å². The standard InChI is InChI=1S/C21H25N3O3/c1-15(25)24-11-10-16-14-17(8-9-19(16)24)22-21(26)18-6-4-5-7-20(18)27-13-12-23(2)3/h4-9,14H,10-13H2,1-3H3,(H,22,26). The fourth-order valence-corrected chi connectivity index (χ4v) is 3.12. The maximum atomic E-state index is 12.7. The molecule has 6 heteroatoms. The molecule has 0 spiro atoms. The Balaban J connectivity index is 1.72. The molecule has 0 aliphatic carbocycles. The SMILES string of the molecule is CC(=O)N1CCc2cc(NC(=O)c3ccccc3OCCN(C)C)ccc21. The summed E-state index contributed by atoms with van der Waals surface area (Å²) < 4.78 is 5.77. The molecule has 0 bridgehead atoms. The molecule has 2 amide bonds. The zero-order chi connectivity index (χ0) is 19.4. The number of nitrogens with zero attached hydrogens (tertiary/aromatic N) is 2. The van der Waals surface area contributed by atoms with Crippen molar-refractivity contribution < 1.29 is 14.3 Å². The minimum Gasteiger partial charge on any atom is -0.491 e. The molecule has 0 saturated heterocycles. The maximum Gasteiger partial charge on any atom is 0.259 e. The van der Waals surface area contributed by atoms with Gasteiger partial charge in [-0.25, -0.2) is 0 Å². The van der Waals surface area contributed by atoms with Gasteiger partial charge in [0.25, 0.3) is 5.91 Å². The zero-order valence-electron chi connectivity index (χ0n) is 16.0. The predicted octanol–water partition coefficient (Wildman–Crippen LogP) is 2.79. The Kier molecular flexibility index (Phi) is 5.76. The number of benzene rings is 2. The van der Waals surface area contributed by atoms with E-state index in [1.807, 2.05) is 49.3 Å². The monoisotopic (exact) mass is 367 g/mol. The van der Waals surface area contributed by atoms with E-state index in [1.165, 1.54) is 0 Å². The molecule has 6 nitrogen and oxygen atoms in total. The average Bonchev–Trinajstić information content (AvgIpc) is 3.05. The van der Waals surface area contributed by atoms with Crippen molar-refractivity contribution in [3.8, 4) is 5.75 Å². The molecule has 142 valence electrons. The van der Waals surface area contributed by atoms with Crippen LogP contribution in [0.1, 0.15) is 22.8 Å². The highest BCUT2D eigenvalue weighted by Crippen LogP contribution is 2.31. The van der Waals surface area contributed by atoms with Crippen molar-refractivity contribution in [3.63, 3.8) is 0 Å². The van der Waals surface area contributed by atoms with Gasteiger partial charge >= 0.3 is 0 Å². The van der Waals surface area contributed by atoms with E-state index in [-0.39, 0.29) is 11.8 Å². The van der Waals surface area contributed by atoms with Crippen LogP contribution in [0.25, 0.3) is 0 Å². The summed E-state index contributed by atoms with van der Waals surface area (Å²) in [5.41, 5.74) is 3.21. The van der Waals surface area contributed by atoms with Crippen molar-refractivity contribution in [2.24, 2.45) is 0 Å². The molecule has 2 aromatic rings. The van der Waals surface area contributed by atoms with E-state index in [1.54, 1.807) is 24.0 Å². The molecule has 0 aromatic heterocycles. The lowest BCUT2D eigenvalue weighted by Gasteiger charge is -2.16. The normalized spacial score (nSPS) is 12.8. The van der Waals surface area contributed by atoms with Crippen molar-refractivity contribution in [2.75, 3.05) is 44.0 Å². The van der Waals surface area contributed by atoms with Crippen LogP contribution in [-0.4, -0.2) is 50.5 Å². The molecular formula is C21H25N3O3. The van der Waals surface area contributed by atoms with Gasteiger partial charge in [-0.3, -0.25) is 9.59 Å². The van der Waals surface area contributed by atoms with Gasteiger partial charge < -0.3 is 19.9 Å². The van der Waals surface area contributed by atoms with Crippen LogP contribution >= 0.6 is 0 Å². The second kappa shape index (κ2) is 8.22. The van der Waals surface area contributed by atoms with Crippen molar-refractivity contribution in [3.05, 3.63) is 53.6 Å². The number of nitrogens with one attached hydrogen (secondary N) is 1. The van der Waals surface area contributed by atoms with Gasteiger partial charge in [-0.15, -0.1) is 0 Å². The average molecular weight is 367 g/mol. The fraction of sp³-hybridized carbons (Fsp3) is 0.333. The second-order valence-corrected chi connectivity index (χ2v) is 6.87. The lowest BCUT2D eigenvalue weighted by atomic mass is 10.1. The van der Waals surface area contributed by atoms with Crippen molar-refractivity contribution in [1.29, 1.82) is 0 Å². The molecule has 2 aromatic carbocycles. The number of carbonyl (C=O) groups excluding carboxylic acids is 2. The molecule has 1 N–H and O–H groups in total. The van der Waals surface area contributed by atoms with Crippen molar-refractivity contribution >= 4 is 23.2 Å². The van der Waals surface area contributed by atoms with Crippen LogP contribution < -0.4 is 15.0 Å². The Hall–Kier alpha value is -2.86. The third-order valence-corrected chi connectivity index (χ3v) is 4.54. The Labute approximate surface area is 159 Å². The number of ether oxygens (including phenoxy) is 1. The summed E-state index contributed by atoms with van der Waals surface area (Å²) in [5.74, 6) is 0.395. The van der Waals surface area contributed by atoms with Gasteiger partial charge in [0, 0.05) is 31.4 Å². The van der Waals surface area contributed by atoms with Crippen LogP contribution in [-0.2, 0) is 11.2 Å². The first-order valence-corrected chi connectivity index (χ1v) is 9.04. The van der Waals surface area contributed by atoms with E-state index in [0.717, 1.165) is 24.2 Å². The molecule has 0 unspecified atom stereocenters. The summed E-state index contributed by atoms with van der Waals surface area (Å²) in [6.45, 7) is 3.53. The van der Waals surface area contributed by atoms with Gasteiger partial charge in [-0.1, -0.05) is 12.1 Å². The van der Waals surface area contributed by atoms with E-state index >= 15 is 0 Å². The topological polar surface area (TPSA) is 61.9 Å². The quantitative estimate of drug-likeness (QED) is 0.853. The predicted molar refractivity (Wildman–Crippen MR) is 107 cm³/mol. The summed E-state index contributed by atoms with van der Waals surface area (Å²) in [4.78, 5) is 28.2. The van der Waals surface area contributed by atoms with Crippen molar-refractivity contribution in [1.82, 2.24) is 4.90 Å². The van der Waals surface area contributed by atoms with Crippen LogP contribution in [0, 0.1) is 0 Å². The molecule has 1 aliphatic rings. The first-order chi connectivity index (χ1) is 13.0. The number of amides is 2. The van der Waals surface area contributed by atoms with Crippen LogP contribution in [0.5, 0.6) is 5.75 Å². The number of fused-ring (bicyclic) bond motifs is 1. The summed E-state index contributed by atoms with van der Waals surface area (Å²) in [5, 5.41) is 2.94. The molecule has 0 fully saturated rings. The van der Waals surface area contributed by atoms with Gasteiger partial charge in [0.05, 0.1) is 5.56 Å². The number of rotatable bonds is 6. The first kappa shape index (κ1) is 18.9. The molecule has 0 atom stereocenters. The van der Waals surface area contributed by atoms with E-state index in [9.17, 15) is 9.59 Å². The molecule has 0 saturated carbocycles. The van der Waals surface area contributed by atoms with E-state index < -0.39 is 0 Å². The second-order valence-electron chi connectivity index (χ2n) is 6.87. The summed E-state index contributed by atoms with van der Waals surface area (Å²) >= 11 is 0. The Morgan fingerprint density at radius 1 is 1.19 bits per heavy atom. The smallest absolute Gasteiger partial charge is 0.259 e. The highest BCUT2D eigenvalue weighted by molar-refractivity contribution is 6.06. The van der Waals surface area contributed by atoms with Crippen molar-refractivity contribution in [2.45, 2.75) is 13.3 Å². The van der Waals surface area contributed by atoms with Crippen LogP contribution in [0.2, 0.25) is 0 Å². The third kappa shape index (κ3) is 4.46. The van der Waals surface area contributed by atoms with Gasteiger partial charge in [0.2, 0.25) is 5.91 Å². The fourth-order valence-electron chi connectivity index (χ4n) is 3.12. The molecule has 0 radical (unpaired) electrons. The summed E-state index contributed by atoms with van der Waals surface area (Å²) in [7, 11) is 3.95. The number of hydrogen-bond acceptors (Lipinski definition) is 4. The minimum absolute atomic E-state index is 0.0364. The van der Waals surface area contributed by atoms with E-state index in [4.69, 9.17) is 4.74 Å². The highest BCUT2D eigenvalue weighted by Gasteiger charge is 2.22. The first-order valence-electron chi connectivity index (χ1n) is 9.04. The Morgan fingerprint density at radius 3 is 2.70 bits per heavy atom. The van der Waals surface area contributed by atoms with Gasteiger partial charge in [-0.05, 0) is 56.4 Å². The largest absolute Gasteiger partial charge is 0.491 e. The van der Waals surface area contributed by atoms with Crippen LogP contribution in [0.3, 0.4) is 0 Å². The molecular weight excluding hydrogens is 342 g/mol. The van der Waals surface area contributed by atoms with E-state index in [0.29, 0.717) is 30.2 Å². The van der Waals surface area contributed by atoms with Gasteiger partial charge in [0.1, 0.15) is 12.4 Å². The number of anilines is 2. The lowest BCUT2D eigenvalue weighted by molar-refractivity contribution is -0.116. The molecule has 27 heavy (non-hydrogen) atoms. The third-order valence-electron chi connectivity index (χ3n) is 4.54. The Morgan fingerprint density at radius 2 is 1.96 bits per heavy atom. The van der Waals surface area contributed by atoms with Gasteiger partial charge in [-0.2, -0.15) is 0 Å². The number of hydrogen-bond donors (Lipinski definition) is 1. The van der Waals surface area contributed by atoms with E-state index in [2.05, 4.69) is 5.32 Å².